The molecule has 2 rings (SSSR count). The number of hydrogen-bond acceptors (Lipinski definition) is 2. The number of rotatable bonds is 2. The average molecular weight is 225 g/mol. The van der Waals surface area contributed by atoms with E-state index in [1.165, 1.54) is 25.8 Å². The highest BCUT2D eigenvalue weighted by molar-refractivity contribution is 5.74. The minimum Gasteiger partial charge on any atom is -0.338 e. The Morgan fingerprint density at radius 2 is 2.00 bits per heavy atom. The fraction of sp³-hybridized carbons (Fsp3) is 0.917. The van der Waals surface area contributed by atoms with Gasteiger partial charge in [-0.1, -0.05) is 6.42 Å². The van der Waals surface area contributed by atoms with Crippen molar-refractivity contribution in [3.63, 3.8) is 0 Å². The van der Waals surface area contributed by atoms with Crippen molar-refractivity contribution in [3.8, 4) is 0 Å². The van der Waals surface area contributed by atoms with E-state index in [9.17, 15) is 4.79 Å². The van der Waals surface area contributed by atoms with Gasteiger partial charge in [-0.15, -0.1) is 0 Å². The third kappa shape index (κ3) is 2.67. The molecule has 1 aliphatic carbocycles. The quantitative estimate of drug-likeness (QED) is 0.768. The third-order valence-corrected chi connectivity index (χ3v) is 3.74. The van der Waals surface area contributed by atoms with Crippen molar-refractivity contribution < 1.29 is 4.79 Å². The van der Waals surface area contributed by atoms with Gasteiger partial charge in [0, 0.05) is 38.8 Å². The van der Waals surface area contributed by atoms with Gasteiger partial charge in [-0.3, -0.25) is 4.90 Å². The third-order valence-electron chi connectivity index (χ3n) is 3.74. The maximum Gasteiger partial charge on any atom is 0.317 e. The number of amides is 2. The second kappa shape index (κ2) is 5.53. The first-order valence-electron chi connectivity index (χ1n) is 6.58. The lowest BCUT2D eigenvalue weighted by Crippen LogP contribution is -2.44. The molecule has 1 heterocycles. The summed E-state index contributed by atoms with van der Waals surface area (Å²) in [5.74, 6) is 0. The molecule has 92 valence electrons. The van der Waals surface area contributed by atoms with Crippen LogP contribution in [0.25, 0.3) is 0 Å². The van der Waals surface area contributed by atoms with E-state index >= 15 is 0 Å². The molecule has 0 bridgehead atoms. The fourth-order valence-electron chi connectivity index (χ4n) is 2.52. The molecule has 0 atom stereocenters. The molecule has 0 aromatic carbocycles. The van der Waals surface area contributed by atoms with Gasteiger partial charge in [0.15, 0.2) is 0 Å². The number of hydrogen-bond donors (Lipinski definition) is 1. The molecule has 2 aliphatic rings. The van der Waals surface area contributed by atoms with Gasteiger partial charge in [-0.2, -0.15) is 0 Å². The number of nitrogens with one attached hydrogen (secondary N) is 1. The van der Waals surface area contributed by atoms with E-state index < -0.39 is 0 Å². The summed E-state index contributed by atoms with van der Waals surface area (Å²) < 4.78 is 0. The van der Waals surface area contributed by atoms with Gasteiger partial charge in [0.25, 0.3) is 0 Å². The first-order chi connectivity index (χ1) is 7.81. The van der Waals surface area contributed by atoms with Crippen LogP contribution in [0.3, 0.4) is 0 Å². The van der Waals surface area contributed by atoms with E-state index in [1.54, 1.807) is 0 Å². The summed E-state index contributed by atoms with van der Waals surface area (Å²) in [5, 5.41) is 2.88. The monoisotopic (exact) mass is 225 g/mol. The van der Waals surface area contributed by atoms with Crippen LogP contribution in [0.2, 0.25) is 0 Å². The van der Waals surface area contributed by atoms with Crippen LogP contribution in [0.5, 0.6) is 0 Å². The number of carbonyl (C=O) groups is 1. The van der Waals surface area contributed by atoms with Gasteiger partial charge >= 0.3 is 6.03 Å². The lowest BCUT2D eigenvalue weighted by Gasteiger charge is -2.36. The molecule has 0 radical (unpaired) electrons. The minimum atomic E-state index is 0.109. The van der Waals surface area contributed by atoms with Gasteiger partial charge in [0.2, 0.25) is 0 Å². The predicted octanol–water partition coefficient (Wildman–Crippen LogP) is 1.28. The Balaban J connectivity index is 1.80. The van der Waals surface area contributed by atoms with E-state index in [2.05, 4.69) is 10.2 Å². The van der Waals surface area contributed by atoms with Crippen LogP contribution in [0, 0.1) is 0 Å². The lowest BCUT2D eigenvalue weighted by atomic mass is 9.91. The Hall–Kier alpha value is -0.770. The van der Waals surface area contributed by atoms with Crippen LogP contribution in [-0.2, 0) is 0 Å². The van der Waals surface area contributed by atoms with Gasteiger partial charge in [0.1, 0.15) is 0 Å². The molecule has 0 aromatic heterocycles. The predicted molar refractivity (Wildman–Crippen MR) is 64.5 cm³/mol. The summed E-state index contributed by atoms with van der Waals surface area (Å²) in [5.41, 5.74) is 0. The summed E-state index contributed by atoms with van der Waals surface area (Å²) in [4.78, 5) is 16.2. The van der Waals surface area contributed by atoms with Crippen LogP contribution in [-0.4, -0.2) is 54.6 Å². The Kier molecular flexibility index (Phi) is 4.04. The second-order valence-electron chi connectivity index (χ2n) is 4.80. The summed E-state index contributed by atoms with van der Waals surface area (Å²) in [6, 6.07) is 0.923. The maximum absolute atomic E-state index is 11.7. The molecule has 16 heavy (non-hydrogen) atoms. The van der Waals surface area contributed by atoms with Crippen LogP contribution < -0.4 is 5.32 Å². The topological polar surface area (TPSA) is 35.6 Å². The van der Waals surface area contributed by atoms with Gasteiger partial charge < -0.3 is 10.2 Å². The smallest absolute Gasteiger partial charge is 0.317 e. The first-order valence-corrected chi connectivity index (χ1v) is 6.58. The SMILES string of the molecule is CCNC(=O)N1CCCN(C2CCC2)CC1. The molecule has 0 aromatic rings. The lowest BCUT2D eigenvalue weighted by molar-refractivity contribution is 0.131. The number of urea groups is 1. The van der Waals surface area contributed by atoms with Crippen molar-refractivity contribution in [2.24, 2.45) is 0 Å². The normalized spacial score (nSPS) is 23.7. The molecule has 0 spiro atoms. The molecule has 2 fully saturated rings. The molecule has 0 unspecified atom stereocenters. The molecule has 1 saturated heterocycles. The molecular formula is C12H23N3O. The van der Waals surface area contributed by atoms with E-state index in [-0.39, 0.29) is 6.03 Å². The summed E-state index contributed by atoms with van der Waals surface area (Å²) in [6.07, 6.45) is 5.23. The van der Waals surface area contributed by atoms with Crippen LogP contribution in [0.1, 0.15) is 32.6 Å². The van der Waals surface area contributed by atoms with Gasteiger partial charge in [-0.25, -0.2) is 4.79 Å². The van der Waals surface area contributed by atoms with E-state index in [4.69, 9.17) is 0 Å². The molecule has 2 amide bonds. The van der Waals surface area contributed by atoms with Crippen molar-refractivity contribution in [2.75, 3.05) is 32.7 Å². The molecular weight excluding hydrogens is 202 g/mol. The highest BCUT2D eigenvalue weighted by atomic mass is 16.2. The Morgan fingerprint density at radius 1 is 1.19 bits per heavy atom. The van der Waals surface area contributed by atoms with Crippen LogP contribution in [0.4, 0.5) is 4.79 Å². The zero-order chi connectivity index (χ0) is 11.4. The molecule has 1 N–H and O–H groups in total. The Labute approximate surface area is 98.0 Å². The highest BCUT2D eigenvalue weighted by Crippen LogP contribution is 2.25. The van der Waals surface area contributed by atoms with E-state index in [1.807, 2.05) is 11.8 Å². The molecule has 4 heteroatoms. The minimum absolute atomic E-state index is 0.109. The van der Waals surface area contributed by atoms with E-state index in [0.717, 1.165) is 38.6 Å². The maximum atomic E-state index is 11.7. The van der Waals surface area contributed by atoms with Crippen molar-refractivity contribution in [1.29, 1.82) is 0 Å². The largest absolute Gasteiger partial charge is 0.338 e. The van der Waals surface area contributed by atoms with Crippen LogP contribution in [0.15, 0.2) is 0 Å². The summed E-state index contributed by atoms with van der Waals surface area (Å²) in [7, 11) is 0. The number of carbonyl (C=O) groups excluding carboxylic acids is 1. The highest BCUT2D eigenvalue weighted by Gasteiger charge is 2.27. The summed E-state index contributed by atoms with van der Waals surface area (Å²) >= 11 is 0. The van der Waals surface area contributed by atoms with Gasteiger partial charge in [0.05, 0.1) is 0 Å². The number of nitrogens with zero attached hydrogens (tertiary/aromatic N) is 2. The second-order valence-corrected chi connectivity index (χ2v) is 4.80. The molecule has 4 nitrogen and oxygen atoms in total. The first kappa shape index (κ1) is 11.7. The zero-order valence-corrected chi connectivity index (χ0v) is 10.2. The molecule has 1 aliphatic heterocycles. The van der Waals surface area contributed by atoms with E-state index in [0.29, 0.717) is 0 Å². The summed E-state index contributed by atoms with van der Waals surface area (Å²) in [6.45, 7) is 6.72. The van der Waals surface area contributed by atoms with Crippen molar-refractivity contribution in [2.45, 2.75) is 38.6 Å². The standard InChI is InChI=1S/C12H23N3O/c1-2-13-12(16)15-8-4-7-14(9-10-15)11-5-3-6-11/h11H,2-10H2,1H3,(H,13,16). The zero-order valence-electron chi connectivity index (χ0n) is 10.2. The molecule has 1 saturated carbocycles. The fourth-order valence-corrected chi connectivity index (χ4v) is 2.52. The van der Waals surface area contributed by atoms with Crippen molar-refractivity contribution in [1.82, 2.24) is 15.1 Å². The van der Waals surface area contributed by atoms with Gasteiger partial charge in [-0.05, 0) is 26.2 Å². The van der Waals surface area contributed by atoms with Crippen LogP contribution >= 0.6 is 0 Å². The Morgan fingerprint density at radius 3 is 2.62 bits per heavy atom. The Bertz CT molecular complexity index is 240. The van der Waals surface area contributed by atoms with Crippen molar-refractivity contribution >= 4 is 6.03 Å². The van der Waals surface area contributed by atoms with Crippen molar-refractivity contribution in [3.05, 3.63) is 0 Å². The average Bonchev–Trinajstić information content (AvgIpc) is 2.41.